The molecule has 0 fully saturated rings. The summed E-state index contributed by atoms with van der Waals surface area (Å²) in [5, 5.41) is 0. The Morgan fingerprint density at radius 1 is 1.37 bits per heavy atom. The third kappa shape index (κ3) is 5.72. The fraction of sp³-hybridized carbons (Fsp3) is 0.500. The van der Waals surface area contributed by atoms with Crippen molar-refractivity contribution in [1.29, 1.82) is 0 Å². The number of ether oxygens (including phenoxy) is 1. The average Bonchev–Trinajstić information content (AvgIpc) is 2.46. The second-order valence-corrected chi connectivity index (χ2v) is 6.93. The van der Waals surface area contributed by atoms with Crippen LogP contribution in [0.3, 0.4) is 0 Å². The normalized spacial score (nSPS) is 14.7. The summed E-state index contributed by atoms with van der Waals surface area (Å²) in [6.07, 6.45) is 3.11. The van der Waals surface area contributed by atoms with E-state index in [9.17, 15) is 0 Å². The van der Waals surface area contributed by atoms with Crippen LogP contribution in [0, 0.1) is 0 Å². The minimum absolute atomic E-state index is 0.218. The summed E-state index contributed by atoms with van der Waals surface area (Å²) in [5.41, 5.74) is 2.98. The van der Waals surface area contributed by atoms with Gasteiger partial charge in [0.15, 0.2) is 9.76 Å². The first-order chi connectivity index (χ1) is 9.21. The van der Waals surface area contributed by atoms with Gasteiger partial charge < -0.3 is 9.16 Å². The van der Waals surface area contributed by atoms with Gasteiger partial charge in [0, 0.05) is 13.2 Å². The highest BCUT2D eigenvalue weighted by molar-refractivity contribution is 6.29. The van der Waals surface area contributed by atoms with Crippen LogP contribution in [0.4, 0.5) is 0 Å². The van der Waals surface area contributed by atoms with Crippen LogP contribution in [0.2, 0.25) is 5.54 Å². The highest BCUT2D eigenvalue weighted by Gasteiger charge is 2.12. The molecule has 0 aromatic heterocycles. The molecular formula is C16H26O2Si. The fourth-order valence-electron chi connectivity index (χ4n) is 1.98. The molecule has 0 bridgehead atoms. The lowest BCUT2D eigenvalue weighted by atomic mass is 10.0. The molecule has 106 valence electrons. The van der Waals surface area contributed by atoms with Gasteiger partial charge in [-0.1, -0.05) is 44.7 Å². The third-order valence-electron chi connectivity index (χ3n) is 3.08. The topological polar surface area (TPSA) is 18.5 Å². The zero-order valence-electron chi connectivity index (χ0n) is 12.4. The molecule has 0 aliphatic rings. The predicted molar refractivity (Wildman–Crippen MR) is 85.1 cm³/mol. The molecular weight excluding hydrogens is 252 g/mol. The van der Waals surface area contributed by atoms with Gasteiger partial charge in [-0.15, -0.1) is 0 Å². The van der Waals surface area contributed by atoms with Crippen molar-refractivity contribution in [3.63, 3.8) is 0 Å². The van der Waals surface area contributed by atoms with Crippen molar-refractivity contribution in [2.45, 2.75) is 38.8 Å². The van der Waals surface area contributed by atoms with Crippen LogP contribution in [0.25, 0.3) is 6.08 Å². The van der Waals surface area contributed by atoms with Crippen molar-refractivity contribution in [3.05, 3.63) is 42.0 Å². The molecule has 1 aromatic carbocycles. The maximum absolute atomic E-state index is 6.16. The first-order valence-corrected chi connectivity index (χ1v) is 8.52. The van der Waals surface area contributed by atoms with Crippen molar-refractivity contribution >= 4 is 15.8 Å². The summed E-state index contributed by atoms with van der Waals surface area (Å²) in [5.74, 6) is 0. The highest BCUT2D eigenvalue weighted by Crippen LogP contribution is 2.23. The molecule has 2 atom stereocenters. The second kappa shape index (κ2) is 9.07. The Labute approximate surface area is 119 Å². The summed E-state index contributed by atoms with van der Waals surface area (Å²) in [4.78, 5) is 0. The molecule has 1 rings (SSSR count). The van der Waals surface area contributed by atoms with Crippen molar-refractivity contribution in [3.8, 4) is 0 Å². The smallest absolute Gasteiger partial charge is 0.167 e. The monoisotopic (exact) mass is 278 g/mol. The van der Waals surface area contributed by atoms with E-state index in [0.717, 1.165) is 25.2 Å². The zero-order valence-corrected chi connectivity index (χ0v) is 13.8. The van der Waals surface area contributed by atoms with Crippen molar-refractivity contribution in [1.82, 2.24) is 0 Å². The fourth-order valence-corrected chi connectivity index (χ4v) is 3.24. The van der Waals surface area contributed by atoms with Gasteiger partial charge in [0.1, 0.15) is 0 Å². The largest absolute Gasteiger partial charge is 0.417 e. The van der Waals surface area contributed by atoms with Gasteiger partial charge in [0.2, 0.25) is 0 Å². The third-order valence-corrected chi connectivity index (χ3v) is 4.48. The van der Waals surface area contributed by atoms with Crippen molar-refractivity contribution in [2.75, 3.05) is 13.2 Å². The molecule has 0 heterocycles. The first kappa shape index (κ1) is 16.2. The van der Waals surface area contributed by atoms with E-state index in [1.54, 1.807) is 0 Å². The molecule has 0 aliphatic heterocycles. The van der Waals surface area contributed by atoms with E-state index in [1.807, 2.05) is 13.0 Å². The van der Waals surface area contributed by atoms with E-state index < -0.39 is 9.76 Å². The van der Waals surface area contributed by atoms with Gasteiger partial charge in [-0.2, -0.15) is 0 Å². The predicted octanol–water partition coefficient (Wildman–Crippen LogP) is 3.73. The lowest BCUT2D eigenvalue weighted by molar-refractivity contribution is 0.138. The van der Waals surface area contributed by atoms with Crippen molar-refractivity contribution in [2.24, 2.45) is 0 Å². The van der Waals surface area contributed by atoms with E-state index in [4.69, 9.17) is 9.16 Å². The van der Waals surface area contributed by atoms with Crippen LogP contribution >= 0.6 is 0 Å². The molecule has 0 radical (unpaired) electrons. The Bertz CT molecular complexity index is 379. The second-order valence-electron chi connectivity index (χ2n) is 4.87. The SMILES string of the molecule is C=Cc1cccc(C(CC)O[SiH2]C(C)COCC)c1. The molecule has 0 amide bonds. The molecule has 1 aromatic rings. The molecule has 2 unspecified atom stereocenters. The summed E-state index contributed by atoms with van der Waals surface area (Å²) in [6, 6.07) is 8.45. The maximum Gasteiger partial charge on any atom is 0.167 e. The minimum Gasteiger partial charge on any atom is -0.417 e. The zero-order chi connectivity index (χ0) is 14.1. The van der Waals surface area contributed by atoms with Crippen LogP contribution < -0.4 is 0 Å². The van der Waals surface area contributed by atoms with Crippen LogP contribution in [0.1, 0.15) is 44.4 Å². The van der Waals surface area contributed by atoms with Gasteiger partial charge in [-0.25, -0.2) is 0 Å². The lowest BCUT2D eigenvalue weighted by Crippen LogP contribution is -2.14. The first-order valence-electron chi connectivity index (χ1n) is 7.13. The number of hydrogen-bond acceptors (Lipinski definition) is 2. The quantitative estimate of drug-likeness (QED) is 0.641. The van der Waals surface area contributed by atoms with E-state index in [2.05, 4.69) is 44.7 Å². The van der Waals surface area contributed by atoms with Crippen LogP contribution in [-0.4, -0.2) is 23.0 Å². The molecule has 3 heteroatoms. The van der Waals surface area contributed by atoms with Gasteiger partial charge in [0.25, 0.3) is 0 Å². The van der Waals surface area contributed by atoms with E-state index in [-0.39, 0.29) is 6.10 Å². The number of hydrogen-bond donors (Lipinski definition) is 0. The van der Waals surface area contributed by atoms with Crippen molar-refractivity contribution < 1.29 is 9.16 Å². The van der Waals surface area contributed by atoms with E-state index in [0.29, 0.717) is 5.54 Å². The van der Waals surface area contributed by atoms with Gasteiger partial charge in [-0.3, -0.25) is 0 Å². The van der Waals surface area contributed by atoms with Crippen LogP contribution in [0.5, 0.6) is 0 Å². The van der Waals surface area contributed by atoms with Gasteiger partial charge in [0.05, 0.1) is 6.10 Å². The van der Waals surface area contributed by atoms with Gasteiger partial charge in [-0.05, 0) is 36.1 Å². The Hall–Kier alpha value is -0.903. The molecule has 0 aliphatic carbocycles. The Kier molecular flexibility index (Phi) is 7.71. The molecule has 19 heavy (non-hydrogen) atoms. The van der Waals surface area contributed by atoms with Crippen LogP contribution in [0.15, 0.2) is 30.8 Å². The van der Waals surface area contributed by atoms with E-state index in [1.165, 1.54) is 5.56 Å². The van der Waals surface area contributed by atoms with Crippen LogP contribution in [-0.2, 0) is 9.16 Å². The number of benzene rings is 1. The Morgan fingerprint density at radius 2 is 2.16 bits per heavy atom. The maximum atomic E-state index is 6.16. The molecule has 2 nitrogen and oxygen atoms in total. The minimum atomic E-state index is -0.556. The highest BCUT2D eigenvalue weighted by atomic mass is 28.2. The summed E-state index contributed by atoms with van der Waals surface area (Å²) in [6.45, 7) is 11.9. The molecule has 0 saturated carbocycles. The Morgan fingerprint density at radius 3 is 2.79 bits per heavy atom. The molecule has 0 N–H and O–H groups in total. The standard InChI is InChI=1S/C16H26O2Si/c1-5-14-9-8-10-15(11-14)16(6-2)18-19-13(4)12-17-7-3/h5,8-11,13,16H,1,6-7,12,19H2,2-4H3. The average molecular weight is 278 g/mol. The van der Waals surface area contributed by atoms with E-state index >= 15 is 0 Å². The summed E-state index contributed by atoms with van der Waals surface area (Å²) < 4.78 is 11.6. The molecule has 0 spiro atoms. The summed E-state index contributed by atoms with van der Waals surface area (Å²) in [7, 11) is -0.556. The lowest BCUT2D eigenvalue weighted by Gasteiger charge is -2.20. The molecule has 0 saturated heterocycles. The summed E-state index contributed by atoms with van der Waals surface area (Å²) >= 11 is 0. The number of rotatable bonds is 9. The van der Waals surface area contributed by atoms with Gasteiger partial charge >= 0.3 is 0 Å². The Balaban J connectivity index is 2.54.